The van der Waals surface area contributed by atoms with Gasteiger partial charge in [0.25, 0.3) is 5.91 Å². The first kappa shape index (κ1) is 20.9. The molecule has 0 saturated carbocycles. The van der Waals surface area contributed by atoms with Crippen molar-refractivity contribution in [3.05, 3.63) is 64.7 Å². The number of methoxy groups -OCH3 is 1. The van der Waals surface area contributed by atoms with Crippen LogP contribution in [0.1, 0.15) is 28.0 Å². The summed E-state index contributed by atoms with van der Waals surface area (Å²) in [5.41, 5.74) is 2.01. The van der Waals surface area contributed by atoms with Crippen molar-refractivity contribution in [3.63, 3.8) is 0 Å². The van der Waals surface area contributed by atoms with Gasteiger partial charge in [0, 0.05) is 17.0 Å². The fraction of sp³-hybridized carbons (Fsp3) is 0.250. The van der Waals surface area contributed by atoms with E-state index < -0.39 is 15.7 Å². The minimum absolute atomic E-state index is 0.0644. The zero-order chi connectivity index (χ0) is 20.9. The van der Waals surface area contributed by atoms with Crippen molar-refractivity contribution in [1.29, 1.82) is 0 Å². The van der Waals surface area contributed by atoms with Crippen LogP contribution < -0.4 is 10.1 Å². The maximum Gasteiger partial charge on any atom is 0.257 e. The summed E-state index contributed by atoms with van der Waals surface area (Å²) < 4.78 is 30.6. The number of hydrogen-bond acceptors (Lipinski definition) is 7. The molecule has 3 rings (SSSR count). The van der Waals surface area contributed by atoms with Crippen LogP contribution in [-0.2, 0) is 16.3 Å². The molecule has 0 fully saturated rings. The summed E-state index contributed by atoms with van der Waals surface area (Å²) in [5, 5.41) is 4.74. The molecule has 1 aromatic carbocycles. The Morgan fingerprint density at radius 1 is 1.17 bits per heavy atom. The van der Waals surface area contributed by atoms with Gasteiger partial charge < -0.3 is 4.74 Å². The molecule has 0 atom stereocenters. The van der Waals surface area contributed by atoms with E-state index in [0.29, 0.717) is 18.0 Å². The fourth-order valence-corrected chi connectivity index (χ4v) is 4.62. The molecule has 0 saturated heterocycles. The SMILES string of the molecule is COc1cc(C(=O)Nc2nc(C)cs2)cc(S(=O)(=O)CCCc2ccccc2)n1. The van der Waals surface area contributed by atoms with E-state index in [-0.39, 0.29) is 22.2 Å². The van der Waals surface area contributed by atoms with Crippen molar-refractivity contribution in [1.82, 2.24) is 9.97 Å². The van der Waals surface area contributed by atoms with Crippen LogP contribution in [-0.4, -0.2) is 37.2 Å². The van der Waals surface area contributed by atoms with E-state index in [1.165, 1.54) is 30.6 Å². The number of amides is 1. The molecule has 9 heteroatoms. The molecule has 1 amide bonds. The Morgan fingerprint density at radius 3 is 2.59 bits per heavy atom. The first-order valence-electron chi connectivity index (χ1n) is 8.93. The molecule has 0 spiro atoms. The summed E-state index contributed by atoms with van der Waals surface area (Å²) in [6.07, 6.45) is 1.09. The highest BCUT2D eigenvalue weighted by Crippen LogP contribution is 2.21. The van der Waals surface area contributed by atoms with Crippen LogP contribution in [0.25, 0.3) is 0 Å². The molecule has 0 radical (unpaired) electrons. The predicted octanol–water partition coefficient (Wildman–Crippen LogP) is 3.51. The third-order valence-corrected chi connectivity index (χ3v) is 6.68. The van der Waals surface area contributed by atoms with Gasteiger partial charge in [0.1, 0.15) is 0 Å². The number of nitrogens with one attached hydrogen (secondary N) is 1. The first-order valence-corrected chi connectivity index (χ1v) is 11.5. The topological polar surface area (TPSA) is 98.2 Å². The van der Waals surface area contributed by atoms with Gasteiger partial charge >= 0.3 is 0 Å². The highest BCUT2D eigenvalue weighted by Gasteiger charge is 2.21. The van der Waals surface area contributed by atoms with Crippen LogP contribution in [0.15, 0.2) is 52.9 Å². The molecule has 0 unspecified atom stereocenters. The molecule has 1 N–H and O–H groups in total. The van der Waals surface area contributed by atoms with Crippen molar-refractivity contribution < 1.29 is 17.9 Å². The van der Waals surface area contributed by atoms with E-state index in [9.17, 15) is 13.2 Å². The zero-order valence-corrected chi connectivity index (χ0v) is 17.7. The van der Waals surface area contributed by atoms with Crippen molar-refractivity contribution in [2.75, 3.05) is 18.2 Å². The lowest BCUT2D eigenvalue weighted by Gasteiger charge is -2.09. The Balaban J connectivity index is 1.76. The Morgan fingerprint density at radius 2 is 1.93 bits per heavy atom. The number of sulfone groups is 1. The number of thiazole rings is 1. The van der Waals surface area contributed by atoms with E-state index in [2.05, 4.69) is 15.3 Å². The maximum absolute atomic E-state index is 12.8. The Hall–Kier alpha value is -2.78. The number of nitrogens with zero attached hydrogens (tertiary/aromatic N) is 2. The van der Waals surface area contributed by atoms with Crippen molar-refractivity contribution in [2.45, 2.75) is 24.8 Å². The lowest BCUT2D eigenvalue weighted by atomic mass is 10.1. The normalized spacial score (nSPS) is 11.2. The number of anilines is 1. The highest BCUT2D eigenvalue weighted by molar-refractivity contribution is 7.91. The maximum atomic E-state index is 12.8. The van der Waals surface area contributed by atoms with E-state index in [1.54, 1.807) is 0 Å². The average molecular weight is 432 g/mol. The van der Waals surface area contributed by atoms with Gasteiger partial charge in [-0.1, -0.05) is 30.3 Å². The van der Waals surface area contributed by atoms with Gasteiger partial charge in [0.15, 0.2) is 20.0 Å². The zero-order valence-electron chi connectivity index (χ0n) is 16.1. The molecule has 152 valence electrons. The average Bonchev–Trinajstić information content (AvgIpc) is 3.12. The summed E-state index contributed by atoms with van der Waals surface area (Å²) in [7, 11) is -2.30. The van der Waals surface area contributed by atoms with Crippen molar-refractivity contribution in [2.24, 2.45) is 0 Å². The van der Waals surface area contributed by atoms with E-state index in [1.807, 2.05) is 42.6 Å². The van der Waals surface area contributed by atoms with E-state index in [4.69, 9.17) is 4.74 Å². The lowest BCUT2D eigenvalue weighted by Crippen LogP contribution is -2.15. The second kappa shape index (κ2) is 9.15. The first-order chi connectivity index (χ1) is 13.9. The van der Waals surface area contributed by atoms with Crippen LogP contribution >= 0.6 is 11.3 Å². The minimum atomic E-state index is -3.67. The number of ether oxygens (including phenoxy) is 1. The summed E-state index contributed by atoms with van der Waals surface area (Å²) in [6, 6.07) is 12.3. The Bertz CT molecular complexity index is 1100. The lowest BCUT2D eigenvalue weighted by molar-refractivity contribution is 0.102. The minimum Gasteiger partial charge on any atom is -0.481 e. The van der Waals surface area contributed by atoms with Gasteiger partial charge in [0.05, 0.1) is 18.6 Å². The van der Waals surface area contributed by atoms with Gasteiger partial charge in [-0.2, -0.15) is 0 Å². The number of carbonyl (C=O) groups excluding carboxylic acids is 1. The molecular weight excluding hydrogens is 410 g/mol. The monoisotopic (exact) mass is 431 g/mol. The Kier molecular flexibility index (Phi) is 6.60. The van der Waals surface area contributed by atoms with Crippen LogP contribution in [0.4, 0.5) is 5.13 Å². The summed E-state index contributed by atoms with van der Waals surface area (Å²) in [4.78, 5) is 20.8. The summed E-state index contributed by atoms with van der Waals surface area (Å²) in [5.74, 6) is -0.482. The summed E-state index contributed by atoms with van der Waals surface area (Å²) in [6.45, 7) is 1.82. The number of benzene rings is 1. The van der Waals surface area contributed by atoms with Gasteiger partial charge in [0.2, 0.25) is 5.88 Å². The van der Waals surface area contributed by atoms with Gasteiger partial charge in [-0.15, -0.1) is 11.3 Å². The molecule has 7 nitrogen and oxygen atoms in total. The quantitative estimate of drug-likeness (QED) is 0.586. The third-order valence-electron chi connectivity index (χ3n) is 4.13. The third kappa shape index (κ3) is 5.61. The molecule has 2 heterocycles. The van der Waals surface area contributed by atoms with Gasteiger partial charge in [-0.3, -0.25) is 10.1 Å². The number of pyridine rings is 1. The summed E-state index contributed by atoms with van der Waals surface area (Å²) >= 11 is 1.29. The number of aromatic nitrogens is 2. The molecule has 0 aliphatic carbocycles. The molecule has 3 aromatic rings. The fourth-order valence-electron chi connectivity index (χ4n) is 2.67. The Labute approximate surface area is 173 Å². The second-order valence-corrected chi connectivity index (χ2v) is 9.31. The molecule has 0 aliphatic heterocycles. The number of hydrogen-bond donors (Lipinski definition) is 1. The van der Waals surface area contributed by atoms with Crippen molar-refractivity contribution >= 4 is 32.2 Å². The van der Waals surface area contributed by atoms with Crippen LogP contribution in [0.2, 0.25) is 0 Å². The van der Waals surface area contributed by atoms with Crippen LogP contribution in [0.3, 0.4) is 0 Å². The molecule has 0 aliphatic rings. The molecule has 29 heavy (non-hydrogen) atoms. The number of carbonyl (C=O) groups is 1. The number of rotatable bonds is 8. The highest BCUT2D eigenvalue weighted by atomic mass is 32.2. The second-order valence-electron chi connectivity index (χ2n) is 6.39. The molecule has 2 aromatic heterocycles. The van der Waals surface area contributed by atoms with Crippen LogP contribution in [0, 0.1) is 6.92 Å². The molecular formula is C20H21N3O4S2. The molecule has 0 bridgehead atoms. The van der Waals surface area contributed by atoms with E-state index >= 15 is 0 Å². The van der Waals surface area contributed by atoms with Gasteiger partial charge in [-0.05, 0) is 31.4 Å². The predicted molar refractivity (Wildman–Crippen MR) is 112 cm³/mol. The van der Waals surface area contributed by atoms with Crippen LogP contribution in [0.5, 0.6) is 5.88 Å². The van der Waals surface area contributed by atoms with Gasteiger partial charge in [-0.25, -0.2) is 18.4 Å². The smallest absolute Gasteiger partial charge is 0.257 e. The largest absolute Gasteiger partial charge is 0.481 e. The number of aryl methyl sites for hydroxylation is 2. The van der Waals surface area contributed by atoms with Crippen molar-refractivity contribution in [3.8, 4) is 5.88 Å². The standard InChI is InChI=1S/C20H21N3O4S2/c1-14-13-28-20(21-14)23-19(24)16-11-17(27-2)22-18(12-16)29(25,26)10-6-9-15-7-4-3-5-8-15/h3-5,7-8,11-13H,6,9-10H2,1-2H3,(H,21,23,24). The van der Waals surface area contributed by atoms with E-state index in [0.717, 1.165) is 11.3 Å².